The van der Waals surface area contributed by atoms with Gasteiger partial charge < -0.3 is 14.8 Å². The number of nitrogens with zero attached hydrogens (tertiary/aromatic N) is 1. The standard InChI is InChI=1S/C18H22N2O3/c1-18(2,12-20-17(21)13-6-5-9-19-11-13)14-7-8-15(22-3)16(10-14)23-4/h5-11H,12H2,1-4H3,(H,20,21). The van der Waals surface area contributed by atoms with Gasteiger partial charge in [-0.05, 0) is 29.8 Å². The van der Waals surface area contributed by atoms with E-state index in [-0.39, 0.29) is 11.3 Å². The Labute approximate surface area is 136 Å². The van der Waals surface area contributed by atoms with Crippen molar-refractivity contribution in [3.8, 4) is 11.5 Å². The van der Waals surface area contributed by atoms with Crippen LogP contribution in [-0.2, 0) is 5.41 Å². The number of methoxy groups -OCH3 is 2. The van der Waals surface area contributed by atoms with E-state index >= 15 is 0 Å². The number of amides is 1. The summed E-state index contributed by atoms with van der Waals surface area (Å²) in [4.78, 5) is 16.1. The van der Waals surface area contributed by atoms with Gasteiger partial charge in [0.05, 0.1) is 19.8 Å². The van der Waals surface area contributed by atoms with Crippen LogP contribution in [0.3, 0.4) is 0 Å². The number of rotatable bonds is 6. The van der Waals surface area contributed by atoms with Crippen LogP contribution in [0.25, 0.3) is 0 Å². The third kappa shape index (κ3) is 4.00. The van der Waals surface area contributed by atoms with Gasteiger partial charge in [0.15, 0.2) is 11.5 Å². The molecule has 0 aliphatic heterocycles. The van der Waals surface area contributed by atoms with Crippen molar-refractivity contribution in [1.29, 1.82) is 0 Å². The average molecular weight is 314 g/mol. The molecule has 1 heterocycles. The fourth-order valence-electron chi connectivity index (χ4n) is 2.26. The zero-order chi connectivity index (χ0) is 16.9. The van der Waals surface area contributed by atoms with E-state index in [2.05, 4.69) is 24.1 Å². The molecular weight excluding hydrogens is 292 g/mol. The van der Waals surface area contributed by atoms with Gasteiger partial charge >= 0.3 is 0 Å². The quantitative estimate of drug-likeness (QED) is 0.890. The van der Waals surface area contributed by atoms with Crippen LogP contribution in [-0.4, -0.2) is 31.7 Å². The second kappa shape index (κ2) is 7.13. The minimum atomic E-state index is -0.253. The maximum Gasteiger partial charge on any atom is 0.252 e. The smallest absolute Gasteiger partial charge is 0.252 e. The number of pyridine rings is 1. The predicted octanol–water partition coefficient (Wildman–Crippen LogP) is 2.81. The molecule has 0 atom stereocenters. The van der Waals surface area contributed by atoms with Crippen molar-refractivity contribution >= 4 is 5.91 Å². The molecule has 0 saturated heterocycles. The summed E-state index contributed by atoms with van der Waals surface area (Å²) >= 11 is 0. The fourth-order valence-corrected chi connectivity index (χ4v) is 2.26. The lowest BCUT2D eigenvalue weighted by Crippen LogP contribution is -2.36. The summed E-state index contributed by atoms with van der Waals surface area (Å²) in [5.74, 6) is 1.23. The van der Waals surface area contributed by atoms with Gasteiger partial charge in [-0.2, -0.15) is 0 Å². The number of nitrogens with one attached hydrogen (secondary N) is 1. The monoisotopic (exact) mass is 314 g/mol. The lowest BCUT2D eigenvalue weighted by Gasteiger charge is -2.26. The molecule has 0 unspecified atom stereocenters. The molecule has 1 aromatic carbocycles. The molecule has 0 spiro atoms. The van der Waals surface area contributed by atoms with Gasteiger partial charge in [-0.25, -0.2) is 0 Å². The molecular formula is C18H22N2O3. The Balaban J connectivity index is 2.11. The minimum absolute atomic E-state index is 0.133. The molecule has 23 heavy (non-hydrogen) atoms. The Hall–Kier alpha value is -2.56. The van der Waals surface area contributed by atoms with Crippen LogP contribution >= 0.6 is 0 Å². The van der Waals surface area contributed by atoms with Crippen molar-refractivity contribution < 1.29 is 14.3 Å². The number of hydrogen-bond donors (Lipinski definition) is 1. The first-order valence-corrected chi connectivity index (χ1v) is 7.38. The van der Waals surface area contributed by atoms with Crippen LogP contribution in [0.15, 0.2) is 42.7 Å². The van der Waals surface area contributed by atoms with E-state index in [1.54, 1.807) is 38.7 Å². The molecule has 1 amide bonds. The van der Waals surface area contributed by atoms with Crippen LogP contribution in [0.1, 0.15) is 29.8 Å². The summed E-state index contributed by atoms with van der Waals surface area (Å²) in [7, 11) is 3.22. The molecule has 2 aromatic rings. The van der Waals surface area contributed by atoms with Crippen LogP contribution < -0.4 is 14.8 Å². The predicted molar refractivity (Wildman–Crippen MR) is 89.1 cm³/mol. The van der Waals surface area contributed by atoms with Gasteiger partial charge in [0, 0.05) is 24.4 Å². The van der Waals surface area contributed by atoms with Crippen LogP contribution in [0.2, 0.25) is 0 Å². The van der Waals surface area contributed by atoms with Crippen molar-refractivity contribution in [1.82, 2.24) is 10.3 Å². The number of carbonyl (C=O) groups is 1. The third-order valence-corrected chi connectivity index (χ3v) is 3.78. The molecule has 0 bridgehead atoms. The van der Waals surface area contributed by atoms with Crippen LogP contribution in [0, 0.1) is 0 Å². The van der Waals surface area contributed by atoms with Crippen LogP contribution in [0.4, 0.5) is 0 Å². The maximum atomic E-state index is 12.2. The van der Waals surface area contributed by atoms with E-state index in [1.165, 1.54) is 0 Å². The Morgan fingerprint density at radius 2 is 1.91 bits per heavy atom. The average Bonchev–Trinajstić information content (AvgIpc) is 2.59. The summed E-state index contributed by atoms with van der Waals surface area (Å²) in [6.07, 6.45) is 3.20. The van der Waals surface area contributed by atoms with Gasteiger partial charge in [-0.1, -0.05) is 19.9 Å². The first-order chi connectivity index (χ1) is 11.0. The van der Waals surface area contributed by atoms with E-state index in [0.717, 1.165) is 5.56 Å². The van der Waals surface area contributed by atoms with Gasteiger partial charge in [0.25, 0.3) is 5.91 Å². The highest BCUT2D eigenvalue weighted by atomic mass is 16.5. The van der Waals surface area contributed by atoms with E-state index in [1.807, 2.05) is 18.2 Å². The molecule has 0 saturated carbocycles. The fraction of sp³-hybridized carbons (Fsp3) is 0.333. The minimum Gasteiger partial charge on any atom is -0.493 e. The summed E-state index contributed by atoms with van der Waals surface area (Å²) in [5.41, 5.74) is 1.36. The number of hydrogen-bond acceptors (Lipinski definition) is 4. The Morgan fingerprint density at radius 1 is 1.17 bits per heavy atom. The number of benzene rings is 1. The van der Waals surface area contributed by atoms with Crippen molar-refractivity contribution in [3.05, 3.63) is 53.9 Å². The van der Waals surface area contributed by atoms with Gasteiger partial charge in [0.1, 0.15) is 0 Å². The molecule has 0 aliphatic carbocycles. The molecule has 2 rings (SSSR count). The normalized spacial score (nSPS) is 11.0. The maximum absolute atomic E-state index is 12.2. The topological polar surface area (TPSA) is 60.5 Å². The Bertz CT molecular complexity index is 669. The molecule has 1 aromatic heterocycles. The molecule has 0 aliphatic rings. The SMILES string of the molecule is COc1ccc(C(C)(C)CNC(=O)c2cccnc2)cc1OC. The summed E-state index contributed by atoms with van der Waals surface area (Å²) in [6, 6.07) is 9.28. The summed E-state index contributed by atoms with van der Waals surface area (Å²) < 4.78 is 10.6. The summed E-state index contributed by atoms with van der Waals surface area (Å²) in [5, 5.41) is 2.95. The van der Waals surface area contributed by atoms with Gasteiger partial charge in [-0.3, -0.25) is 9.78 Å². The van der Waals surface area contributed by atoms with E-state index in [4.69, 9.17) is 9.47 Å². The molecule has 0 fully saturated rings. The van der Waals surface area contributed by atoms with Crippen molar-refractivity contribution in [2.45, 2.75) is 19.3 Å². The van der Waals surface area contributed by atoms with E-state index < -0.39 is 0 Å². The molecule has 5 nitrogen and oxygen atoms in total. The summed E-state index contributed by atoms with van der Waals surface area (Å²) in [6.45, 7) is 4.63. The van der Waals surface area contributed by atoms with Crippen molar-refractivity contribution in [2.75, 3.05) is 20.8 Å². The molecule has 5 heteroatoms. The van der Waals surface area contributed by atoms with Crippen LogP contribution in [0.5, 0.6) is 11.5 Å². The highest BCUT2D eigenvalue weighted by molar-refractivity contribution is 5.93. The highest BCUT2D eigenvalue weighted by Gasteiger charge is 2.23. The van der Waals surface area contributed by atoms with Crippen molar-refractivity contribution in [3.63, 3.8) is 0 Å². The zero-order valence-corrected chi connectivity index (χ0v) is 13.9. The number of ether oxygens (including phenoxy) is 2. The van der Waals surface area contributed by atoms with E-state index in [9.17, 15) is 4.79 Å². The lowest BCUT2D eigenvalue weighted by atomic mass is 9.84. The third-order valence-electron chi connectivity index (χ3n) is 3.78. The second-order valence-corrected chi connectivity index (χ2v) is 5.88. The molecule has 1 N–H and O–H groups in total. The Morgan fingerprint density at radius 3 is 2.52 bits per heavy atom. The Kier molecular flexibility index (Phi) is 5.21. The van der Waals surface area contributed by atoms with Gasteiger partial charge in [-0.15, -0.1) is 0 Å². The van der Waals surface area contributed by atoms with Crippen molar-refractivity contribution in [2.24, 2.45) is 0 Å². The first-order valence-electron chi connectivity index (χ1n) is 7.38. The van der Waals surface area contributed by atoms with E-state index in [0.29, 0.717) is 23.6 Å². The van der Waals surface area contributed by atoms with Gasteiger partial charge in [0.2, 0.25) is 0 Å². The molecule has 0 radical (unpaired) electrons. The lowest BCUT2D eigenvalue weighted by molar-refractivity contribution is 0.0945. The molecule has 122 valence electrons. The second-order valence-electron chi connectivity index (χ2n) is 5.88. The number of carbonyl (C=O) groups excluding carboxylic acids is 1. The first kappa shape index (κ1) is 16.8. The number of aromatic nitrogens is 1. The largest absolute Gasteiger partial charge is 0.493 e. The zero-order valence-electron chi connectivity index (χ0n) is 13.9. The highest BCUT2D eigenvalue weighted by Crippen LogP contribution is 2.32.